The smallest absolute Gasteiger partial charge is 0.0544 e. The van der Waals surface area contributed by atoms with Crippen LogP contribution in [-0.2, 0) is 11.8 Å². The van der Waals surface area contributed by atoms with E-state index in [2.05, 4.69) is 206 Å². The molecule has 1 N–H and O–H groups in total. The van der Waals surface area contributed by atoms with Crippen molar-refractivity contribution in [2.75, 3.05) is 5.32 Å². The molecule has 0 saturated carbocycles. The normalized spacial score (nSPS) is 13.7. The van der Waals surface area contributed by atoms with Gasteiger partial charge < -0.3 is 14.5 Å². The summed E-state index contributed by atoms with van der Waals surface area (Å²) < 4.78 is 4.96. The van der Waals surface area contributed by atoms with Gasteiger partial charge in [0.25, 0.3) is 0 Å². The second-order valence-electron chi connectivity index (χ2n) is 16.8. The van der Waals surface area contributed by atoms with Gasteiger partial charge in [0.2, 0.25) is 0 Å². The lowest BCUT2D eigenvalue weighted by Crippen LogP contribution is -2.15. The molecule has 59 heavy (non-hydrogen) atoms. The highest BCUT2D eigenvalue weighted by atomic mass is 15.0. The van der Waals surface area contributed by atoms with Gasteiger partial charge in [0.05, 0.1) is 16.6 Å². The number of para-hydroxylation sites is 3. The standard InChI is InChI=1S/C54H45N3.C2H6/c1-34(2)41-28-35(24-26-49(41)55-37-16-8-5-9-17-37)36-25-27-51-44(29-36)46-31-43-42-30-45-40-22-14-15-23-50(40)56(38-18-10-6-11-19-38)52(45)32-47(42)54(3,4)48(43)33-53(46)57(51)39-20-12-7-13-21-39;1-2/h5-13,15-21,23-34,55H,14,22H2,1-4H3;1-2H3. The van der Waals surface area contributed by atoms with Crippen LogP contribution < -0.4 is 5.32 Å². The van der Waals surface area contributed by atoms with Crippen LogP contribution in [0.4, 0.5) is 11.4 Å². The monoisotopic (exact) mass is 765 g/mol. The minimum absolute atomic E-state index is 0.179. The number of hydrogen-bond donors (Lipinski definition) is 1. The Hall–Kier alpha value is -6.58. The molecule has 0 saturated heterocycles. The fraction of sp³-hybridized carbons (Fsp3) is 0.179. The van der Waals surface area contributed by atoms with E-state index in [1.807, 2.05) is 13.8 Å². The Labute approximate surface area is 348 Å². The van der Waals surface area contributed by atoms with Gasteiger partial charge >= 0.3 is 0 Å². The molecule has 0 amide bonds. The minimum Gasteiger partial charge on any atom is -0.355 e. The Bertz CT molecular complexity index is 3070. The lowest BCUT2D eigenvalue weighted by molar-refractivity contribution is 0.661. The quantitative estimate of drug-likeness (QED) is 0.179. The molecule has 9 aromatic rings. The highest BCUT2D eigenvalue weighted by Gasteiger charge is 2.38. The summed E-state index contributed by atoms with van der Waals surface area (Å²) in [7, 11) is 0. The molecule has 2 aromatic heterocycles. The molecule has 290 valence electrons. The van der Waals surface area contributed by atoms with Crippen LogP contribution in [0.3, 0.4) is 0 Å². The molecule has 0 bridgehead atoms. The number of allylic oxidation sites excluding steroid dienone is 1. The first kappa shape index (κ1) is 36.7. The molecule has 0 aliphatic heterocycles. The molecular formula is C56H51N3. The van der Waals surface area contributed by atoms with Crippen LogP contribution in [0.25, 0.3) is 72.4 Å². The number of aryl methyl sites for hydroxylation is 1. The van der Waals surface area contributed by atoms with Crippen LogP contribution in [0.2, 0.25) is 0 Å². The molecule has 0 unspecified atom stereocenters. The van der Waals surface area contributed by atoms with Gasteiger partial charge in [0, 0.05) is 50.0 Å². The van der Waals surface area contributed by atoms with Gasteiger partial charge in [-0.25, -0.2) is 0 Å². The number of aromatic nitrogens is 2. The summed E-state index contributed by atoms with van der Waals surface area (Å²) in [5.74, 6) is 0.364. The minimum atomic E-state index is -0.179. The number of nitrogens with zero attached hydrogens (tertiary/aromatic N) is 2. The molecule has 2 aliphatic carbocycles. The van der Waals surface area contributed by atoms with Crippen molar-refractivity contribution in [1.82, 2.24) is 9.13 Å². The van der Waals surface area contributed by atoms with E-state index in [4.69, 9.17) is 0 Å². The van der Waals surface area contributed by atoms with E-state index >= 15 is 0 Å². The van der Waals surface area contributed by atoms with Crippen LogP contribution in [0.5, 0.6) is 0 Å². The van der Waals surface area contributed by atoms with Crippen molar-refractivity contribution in [3.05, 3.63) is 186 Å². The lowest BCUT2D eigenvalue weighted by atomic mass is 9.82. The summed E-state index contributed by atoms with van der Waals surface area (Å²) in [6, 6.07) is 56.3. The number of nitrogens with one attached hydrogen (secondary N) is 1. The third-order valence-corrected chi connectivity index (χ3v) is 12.7. The molecule has 3 heteroatoms. The van der Waals surface area contributed by atoms with Crippen molar-refractivity contribution in [3.63, 3.8) is 0 Å². The van der Waals surface area contributed by atoms with E-state index in [1.165, 1.54) is 94.3 Å². The number of fused-ring (bicyclic) bond motifs is 9. The Balaban J connectivity index is 0.00000207. The highest BCUT2D eigenvalue weighted by molar-refractivity contribution is 6.13. The fourth-order valence-electron chi connectivity index (χ4n) is 9.87. The molecule has 0 radical (unpaired) electrons. The number of rotatable bonds is 6. The van der Waals surface area contributed by atoms with Crippen molar-refractivity contribution in [3.8, 4) is 33.6 Å². The van der Waals surface area contributed by atoms with Crippen LogP contribution in [0.1, 0.15) is 81.8 Å². The van der Waals surface area contributed by atoms with E-state index < -0.39 is 0 Å². The largest absolute Gasteiger partial charge is 0.355 e. The summed E-state index contributed by atoms with van der Waals surface area (Å²) in [5, 5.41) is 7.61. The molecular weight excluding hydrogens is 715 g/mol. The average molecular weight is 766 g/mol. The average Bonchev–Trinajstić information content (AvgIpc) is 3.86. The number of hydrogen-bond acceptors (Lipinski definition) is 1. The Morgan fingerprint density at radius 3 is 1.78 bits per heavy atom. The molecule has 0 fully saturated rings. The van der Waals surface area contributed by atoms with E-state index in [-0.39, 0.29) is 5.41 Å². The van der Waals surface area contributed by atoms with Crippen molar-refractivity contribution in [2.24, 2.45) is 0 Å². The molecule has 2 heterocycles. The summed E-state index contributed by atoms with van der Waals surface area (Å²) in [5.41, 5.74) is 20.3. The highest BCUT2D eigenvalue weighted by Crippen LogP contribution is 2.53. The topological polar surface area (TPSA) is 21.9 Å². The van der Waals surface area contributed by atoms with Crippen LogP contribution in [0.15, 0.2) is 158 Å². The first-order valence-electron chi connectivity index (χ1n) is 21.4. The molecule has 0 atom stereocenters. The molecule has 11 rings (SSSR count). The van der Waals surface area contributed by atoms with Crippen molar-refractivity contribution >= 4 is 50.2 Å². The maximum atomic E-state index is 3.68. The van der Waals surface area contributed by atoms with E-state index in [0.717, 1.165) is 24.2 Å². The molecule has 2 aliphatic rings. The van der Waals surface area contributed by atoms with Crippen molar-refractivity contribution in [2.45, 2.75) is 65.7 Å². The SMILES string of the molecule is CC.CC(C)c1cc(-c2ccc3c(c2)c2cc4c(cc2n3-c2ccccc2)C(C)(C)c2cc3c(cc2-4)c2c(n3-c3ccccc3)C=CCC2)ccc1Nc1ccccc1. The van der Waals surface area contributed by atoms with Crippen molar-refractivity contribution in [1.29, 1.82) is 0 Å². The molecule has 7 aromatic carbocycles. The van der Waals surface area contributed by atoms with Gasteiger partial charge in [-0.05, 0) is 154 Å². The zero-order chi connectivity index (χ0) is 40.4. The van der Waals surface area contributed by atoms with E-state index in [0.29, 0.717) is 5.92 Å². The maximum absolute atomic E-state index is 3.68. The Morgan fingerprint density at radius 1 is 0.559 bits per heavy atom. The van der Waals surface area contributed by atoms with Gasteiger partial charge in [-0.3, -0.25) is 0 Å². The van der Waals surface area contributed by atoms with Crippen LogP contribution >= 0.6 is 0 Å². The van der Waals surface area contributed by atoms with Gasteiger partial charge in [0.1, 0.15) is 0 Å². The van der Waals surface area contributed by atoms with E-state index in [9.17, 15) is 0 Å². The zero-order valence-electron chi connectivity index (χ0n) is 35.0. The summed E-state index contributed by atoms with van der Waals surface area (Å²) >= 11 is 0. The predicted molar refractivity (Wildman–Crippen MR) is 253 cm³/mol. The zero-order valence-corrected chi connectivity index (χ0v) is 35.0. The first-order valence-corrected chi connectivity index (χ1v) is 21.4. The third kappa shape index (κ3) is 5.86. The Kier molecular flexibility index (Phi) is 8.94. The Morgan fingerprint density at radius 2 is 1.12 bits per heavy atom. The summed E-state index contributed by atoms with van der Waals surface area (Å²) in [6.45, 7) is 13.4. The predicted octanol–water partition coefficient (Wildman–Crippen LogP) is 15.6. The van der Waals surface area contributed by atoms with Gasteiger partial charge in [0.15, 0.2) is 0 Å². The van der Waals surface area contributed by atoms with Gasteiger partial charge in [-0.1, -0.05) is 114 Å². The first-order chi connectivity index (χ1) is 28.8. The van der Waals surface area contributed by atoms with E-state index in [1.54, 1.807) is 0 Å². The second kappa shape index (κ2) is 14.4. The number of anilines is 2. The fourth-order valence-corrected chi connectivity index (χ4v) is 9.87. The summed E-state index contributed by atoms with van der Waals surface area (Å²) in [4.78, 5) is 0. The lowest BCUT2D eigenvalue weighted by Gasteiger charge is -2.22. The maximum Gasteiger partial charge on any atom is 0.0544 e. The van der Waals surface area contributed by atoms with Crippen LogP contribution in [-0.4, -0.2) is 9.13 Å². The van der Waals surface area contributed by atoms with Gasteiger partial charge in [-0.2, -0.15) is 0 Å². The second-order valence-corrected chi connectivity index (χ2v) is 16.8. The molecule has 3 nitrogen and oxygen atoms in total. The van der Waals surface area contributed by atoms with Gasteiger partial charge in [-0.15, -0.1) is 0 Å². The molecule has 0 spiro atoms. The third-order valence-electron chi connectivity index (χ3n) is 12.7. The van der Waals surface area contributed by atoms with Crippen LogP contribution in [0, 0.1) is 0 Å². The summed E-state index contributed by atoms with van der Waals surface area (Å²) in [6.07, 6.45) is 6.81. The number of benzene rings is 7. The van der Waals surface area contributed by atoms with Crippen molar-refractivity contribution < 1.29 is 0 Å².